The van der Waals surface area contributed by atoms with Gasteiger partial charge in [-0.3, -0.25) is 4.79 Å². The van der Waals surface area contributed by atoms with Gasteiger partial charge in [-0.05, 0) is 38.1 Å². The summed E-state index contributed by atoms with van der Waals surface area (Å²) in [6, 6.07) is 5.71. The first kappa shape index (κ1) is 12.2. The van der Waals surface area contributed by atoms with E-state index in [4.69, 9.17) is 4.74 Å². The molecule has 1 saturated heterocycles. The second-order valence-corrected chi connectivity index (χ2v) is 4.19. The Morgan fingerprint density at radius 2 is 2.18 bits per heavy atom. The van der Waals surface area contributed by atoms with Gasteiger partial charge in [-0.1, -0.05) is 12.1 Å². The fourth-order valence-electron chi connectivity index (χ4n) is 1.90. The van der Waals surface area contributed by atoms with Crippen molar-refractivity contribution in [3.05, 3.63) is 35.6 Å². The van der Waals surface area contributed by atoms with E-state index in [0.717, 1.165) is 25.9 Å². The minimum absolute atomic E-state index is 0.0358. The van der Waals surface area contributed by atoms with Gasteiger partial charge in [-0.15, -0.1) is 0 Å². The number of benzene rings is 1. The molecule has 3 nitrogen and oxygen atoms in total. The van der Waals surface area contributed by atoms with Gasteiger partial charge in [-0.25, -0.2) is 4.39 Å². The normalized spacial score (nSPS) is 17.0. The third-order valence-electron chi connectivity index (χ3n) is 2.88. The van der Waals surface area contributed by atoms with E-state index >= 15 is 0 Å². The molecule has 0 radical (unpaired) electrons. The van der Waals surface area contributed by atoms with Crippen LogP contribution in [-0.2, 0) is 4.74 Å². The number of Topliss-reactive ketones (excluding diaryl/α,β-unsaturated/α-hetero) is 1. The van der Waals surface area contributed by atoms with Crippen LogP contribution in [0.1, 0.15) is 23.2 Å². The summed E-state index contributed by atoms with van der Waals surface area (Å²) in [7, 11) is 0. The zero-order chi connectivity index (χ0) is 12.1. The smallest absolute Gasteiger partial charge is 0.188 e. The minimum atomic E-state index is -0.391. The summed E-state index contributed by atoms with van der Waals surface area (Å²) in [6.07, 6.45) is 2.00. The molecular formula is C13H16FNO2. The molecule has 0 aliphatic carbocycles. The van der Waals surface area contributed by atoms with Crippen molar-refractivity contribution >= 4 is 5.78 Å². The number of rotatable bonds is 4. The van der Waals surface area contributed by atoms with Crippen LogP contribution in [0.4, 0.5) is 4.39 Å². The highest BCUT2D eigenvalue weighted by atomic mass is 19.1. The van der Waals surface area contributed by atoms with Crippen LogP contribution in [0, 0.1) is 5.82 Å². The molecule has 1 aromatic carbocycles. The largest absolute Gasteiger partial charge is 0.370 e. The highest BCUT2D eigenvalue weighted by Gasteiger charge is 2.15. The Kier molecular flexibility index (Phi) is 4.23. The molecule has 0 spiro atoms. The molecule has 0 unspecified atom stereocenters. The monoisotopic (exact) mass is 237 g/mol. The number of carbonyl (C=O) groups excluding carboxylic acids is 1. The van der Waals surface area contributed by atoms with Crippen molar-refractivity contribution in [2.45, 2.75) is 18.9 Å². The van der Waals surface area contributed by atoms with Crippen molar-refractivity contribution in [1.29, 1.82) is 0 Å². The van der Waals surface area contributed by atoms with Crippen LogP contribution in [-0.4, -0.2) is 31.6 Å². The molecular weight excluding hydrogens is 221 g/mol. The lowest BCUT2D eigenvalue weighted by atomic mass is 10.1. The van der Waals surface area contributed by atoms with E-state index in [-0.39, 0.29) is 18.5 Å². The molecule has 2 rings (SSSR count). The lowest BCUT2D eigenvalue weighted by Crippen LogP contribution is -2.33. The highest BCUT2D eigenvalue weighted by Crippen LogP contribution is 2.09. The molecule has 0 saturated carbocycles. The zero-order valence-corrected chi connectivity index (χ0v) is 9.62. The molecule has 92 valence electrons. The van der Waals surface area contributed by atoms with Crippen molar-refractivity contribution in [1.82, 2.24) is 5.32 Å². The Bertz CT molecular complexity index is 389. The summed E-state index contributed by atoms with van der Waals surface area (Å²) in [5.41, 5.74) is 0.374. The molecule has 1 aromatic rings. The lowest BCUT2D eigenvalue weighted by Gasteiger charge is -2.22. The van der Waals surface area contributed by atoms with Gasteiger partial charge in [0.1, 0.15) is 12.4 Å². The van der Waals surface area contributed by atoms with Crippen LogP contribution in [0.15, 0.2) is 24.3 Å². The van der Waals surface area contributed by atoms with Gasteiger partial charge in [-0.2, -0.15) is 0 Å². The summed E-state index contributed by atoms with van der Waals surface area (Å²) >= 11 is 0. The zero-order valence-electron chi connectivity index (χ0n) is 9.62. The van der Waals surface area contributed by atoms with Gasteiger partial charge in [0.2, 0.25) is 0 Å². The maximum atomic E-state index is 12.9. The maximum absolute atomic E-state index is 12.9. The summed E-state index contributed by atoms with van der Waals surface area (Å²) in [4.78, 5) is 11.7. The Hall–Kier alpha value is -1.26. The third kappa shape index (κ3) is 3.61. The fourth-order valence-corrected chi connectivity index (χ4v) is 1.90. The molecule has 1 fully saturated rings. The first-order valence-electron chi connectivity index (χ1n) is 5.87. The fraction of sp³-hybridized carbons (Fsp3) is 0.462. The predicted molar refractivity (Wildman–Crippen MR) is 62.6 cm³/mol. The number of ether oxygens (including phenoxy) is 1. The molecule has 4 heteroatoms. The molecule has 0 amide bonds. The maximum Gasteiger partial charge on any atom is 0.188 e. The van der Waals surface area contributed by atoms with Crippen molar-refractivity contribution in [2.24, 2.45) is 0 Å². The SMILES string of the molecule is O=C(COC1CCNCC1)c1cccc(F)c1. The predicted octanol–water partition coefficient (Wildman–Crippen LogP) is 1.78. The van der Waals surface area contributed by atoms with E-state index in [1.807, 2.05) is 0 Å². The summed E-state index contributed by atoms with van der Waals surface area (Å²) in [5.74, 6) is -0.555. The van der Waals surface area contributed by atoms with E-state index in [1.165, 1.54) is 18.2 Å². The highest BCUT2D eigenvalue weighted by molar-refractivity contribution is 5.97. The van der Waals surface area contributed by atoms with Gasteiger partial charge in [0.25, 0.3) is 0 Å². The van der Waals surface area contributed by atoms with Gasteiger partial charge < -0.3 is 10.1 Å². The van der Waals surface area contributed by atoms with Gasteiger partial charge in [0.15, 0.2) is 5.78 Å². The standard InChI is InChI=1S/C13H16FNO2/c14-11-3-1-2-10(8-11)13(16)9-17-12-4-6-15-7-5-12/h1-3,8,12,15H,4-7,9H2. The molecule has 1 aliphatic rings. The van der Waals surface area contributed by atoms with Gasteiger partial charge in [0, 0.05) is 5.56 Å². The first-order valence-corrected chi connectivity index (χ1v) is 5.87. The third-order valence-corrected chi connectivity index (χ3v) is 2.88. The van der Waals surface area contributed by atoms with E-state index in [1.54, 1.807) is 6.07 Å². The molecule has 0 aromatic heterocycles. The van der Waals surface area contributed by atoms with Crippen molar-refractivity contribution in [3.63, 3.8) is 0 Å². The quantitative estimate of drug-likeness (QED) is 0.811. The van der Waals surface area contributed by atoms with Crippen LogP contribution in [0.3, 0.4) is 0 Å². The second-order valence-electron chi connectivity index (χ2n) is 4.19. The average Bonchev–Trinajstić information content (AvgIpc) is 2.37. The number of carbonyl (C=O) groups is 1. The Morgan fingerprint density at radius 1 is 1.41 bits per heavy atom. The Balaban J connectivity index is 1.84. The number of piperidine rings is 1. The van der Waals surface area contributed by atoms with E-state index in [9.17, 15) is 9.18 Å². The van der Waals surface area contributed by atoms with E-state index in [0.29, 0.717) is 5.56 Å². The van der Waals surface area contributed by atoms with E-state index in [2.05, 4.69) is 5.32 Å². The molecule has 1 aliphatic heterocycles. The molecule has 1 N–H and O–H groups in total. The number of nitrogens with one attached hydrogen (secondary N) is 1. The average molecular weight is 237 g/mol. The lowest BCUT2D eigenvalue weighted by molar-refractivity contribution is 0.0317. The second kappa shape index (κ2) is 5.89. The van der Waals surface area contributed by atoms with Crippen molar-refractivity contribution in [3.8, 4) is 0 Å². The number of halogens is 1. The van der Waals surface area contributed by atoms with Crippen LogP contribution in [0.5, 0.6) is 0 Å². The molecule has 17 heavy (non-hydrogen) atoms. The van der Waals surface area contributed by atoms with Crippen molar-refractivity contribution < 1.29 is 13.9 Å². The number of ketones is 1. The summed E-state index contributed by atoms with van der Waals surface area (Å²) in [5, 5.41) is 3.23. The Labute approximate surface area is 100.0 Å². The summed E-state index contributed by atoms with van der Waals surface area (Å²) in [6.45, 7) is 1.89. The van der Waals surface area contributed by atoms with Crippen LogP contribution < -0.4 is 5.32 Å². The van der Waals surface area contributed by atoms with Crippen LogP contribution in [0.25, 0.3) is 0 Å². The minimum Gasteiger partial charge on any atom is -0.370 e. The van der Waals surface area contributed by atoms with Gasteiger partial charge >= 0.3 is 0 Å². The van der Waals surface area contributed by atoms with E-state index < -0.39 is 5.82 Å². The molecule has 0 bridgehead atoms. The molecule has 0 atom stereocenters. The van der Waals surface area contributed by atoms with Crippen molar-refractivity contribution in [2.75, 3.05) is 19.7 Å². The topological polar surface area (TPSA) is 38.3 Å². The first-order chi connectivity index (χ1) is 8.25. The van der Waals surface area contributed by atoms with Gasteiger partial charge in [0.05, 0.1) is 6.10 Å². The Morgan fingerprint density at radius 3 is 2.88 bits per heavy atom. The van der Waals surface area contributed by atoms with Crippen LogP contribution >= 0.6 is 0 Å². The van der Waals surface area contributed by atoms with Crippen LogP contribution in [0.2, 0.25) is 0 Å². The number of hydrogen-bond donors (Lipinski definition) is 1. The summed E-state index contributed by atoms with van der Waals surface area (Å²) < 4.78 is 18.4. The molecule has 1 heterocycles. The number of hydrogen-bond acceptors (Lipinski definition) is 3.